The van der Waals surface area contributed by atoms with Crippen LogP contribution in [0.4, 0.5) is 0 Å². The Kier molecular flexibility index (Phi) is 13.9. The maximum Gasteiger partial charge on any atom is 0.336 e. The van der Waals surface area contributed by atoms with E-state index in [0.717, 1.165) is 23.3 Å². The first-order chi connectivity index (χ1) is 19.7. The maximum atomic E-state index is 12.2. The minimum absolute atomic E-state index is 0.0149. The Bertz CT molecular complexity index is 936. The summed E-state index contributed by atoms with van der Waals surface area (Å²) in [5.74, 6) is 1.77. The van der Waals surface area contributed by atoms with Crippen molar-refractivity contribution in [3.05, 3.63) is 47.5 Å². The molecule has 2 aliphatic rings. The zero-order valence-electron chi connectivity index (χ0n) is 25.7. The third-order valence-electron chi connectivity index (χ3n) is 9.54. The number of esters is 2. The first-order valence-corrected chi connectivity index (χ1v) is 16.1. The first kappa shape index (κ1) is 33.3. The number of ether oxygens (including phenoxy) is 2. The summed E-state index contributed by atoms with van der Waals surface area (Å²) in [6, 6.07) is 8.70. The number of hydrogen-bond acceptors (Lipinski definition) is 6. The molecule has 0 heterocycles. The number of aliphatic hydroxyl groups excluding tert-OH is 2. The summed E-state index contributed by atoms with van der Waals surface area (Å²) >= 11 is 0. The number of carbonyl (C=O) groups is 2. The van der Waals surface area contributed by atoms with Crippen LogP contribution < -0.4 is 0 Å². The van der Waals surface area contributed by atoms with E-state index in [0.29, 0.717) is 12.3 Å². The van der Waals surface area contributed by atoms with Gasteiger partial charge in [0, 0.05) is 5.92 Å². The highest BCUT2D eigenvalue weighted by atomic mass is 16.6. The van der Waals surface area contributed by atoms with Crippen LogP contribution in [0.15, 0.2) is 36.4 Å². The molecule has 1 aromatic carbocycles. The Hall–Kier alpha value is -2.18. The van der Waals surface area contributed by atoms with E-state index in [4.69, 9.17) is 9.47 Å². The number of aliphatic hydroxyl groups is 2. The molecule has 2 saturated carbocycles. The number of carbonyl (C=O) groups excluding carboxylic acids is 2. The summed E-state index contributed by atoms with van der Waals surface area (Å²) in [6.45, 7) is 8.72. The summed E-state index contributed by atoms with van der Waals surface area (Å²) in [6.07, 6.45) is 14.9. The minimum Gasteiger partial charge on any atom is -0.463 e. The van der Waals surface area contributed by atoms with Gasteiger partial charge < -0.3 is 19.7 Å². The Labute approximate surface area is 247 Å². The zero-order valence-corrected chi connectivity index (χ0v) is 25.7. The van der Waals surface area contributed by atoms with E-state index < -0.39 is 24.1 Å². The standard InChI is InChI=1S/C35H54O6/c1-5-6-7-8-27-9-13-30(14-10-27)32-17-19-33(20-18-32)31-15-11-28(12-16-31)21-29(23-41-35(39)26(4)37)22-40-34(38)24(2)25(3)36/h11-12,15-16,25-27,29-30,32-33,36-37H,2,5-10,13-14,17-23H2,1,3-4H3. The van der Waals surface area contributed by atoms with E-state index in [-0.39, 0.29) is 24.7 Å². The van der Waals surface area contributed by atoms with Gasteiger partial charge in [-0.25, -0.2) is 9.59 Å². The predicted molar refractivity (Wildman–Crippen MR) is 162 cm³/mol. The molecule has 3 atom stereocenters. The third-order valence-corrected chi connectivity index (χ3v) is 9.54. The molecule has 0 saturated heterocycles. The van der Waals surface area contributed by atoms with Crippen LogP contribution in [0.1, 0.15) is 115 Å². The molecule has 2 N–H and O–H groups in total. The number of benzene rings is 1. The van der Waals surface area contributed by atoms with Crippen molar-refractivity contribution in [3.8, 4) is 0 Å². The highest BCUT2D eigenvalue weighted by molar-refractivity contribution is 5.88. The topological polar surface area (TPSA) is 93.1 Å². The lowest BCUT2D eigenvalue weighted by Crippen LogP contribution is -2.27. The predicted octanol–water partition coefficient (Wildman–Crippen LogP) is 6.91. The second-order valence-corrected chi connectivity index (χ2v) is 12.8. The average Bonchev–Trinajstić information content (AvgIpc) is 2.98. The molecule has 2 aliphatic carbocycles. The number of hydrogen-bond donors (Lipinski definition) is 2. The quantitative estimate of drug-likeness (QED) is 0.135. The third kappa shape index (κ3) is 10.9. The van der Waals surface area contributed by atoms with E-state index in [1.807, 2.05) is 0 Å². The van der Waals surface area contributed by atoms with Gasteiger partial charge in [0.25, 0.3) is 0 Å². The summed E-state index contributed by atoms with van der Waals surface area (Å²) < 4.78 is 10.6. The first-order valence-electron chi connectivity index (χ1n) is 16.1. The molecule has 1 aromatic rings. The lowest BCUT2D eigenvalue weighted by atomic mass is 9.68. The second kappa shape index (κ2) is 17.1. The van der Waals surface area contributed by atoms with Crippen LogP contribution in [0.5, 0.6) is 0 Å². The van der Waals surface area contributed by atoms with Crippen molar-refractivity contribution in [1.29, 1.82) is 0 Å². The molecule has 0 spiro atoms. The average molecular weight is 571 g/mol. The van der Waals surface area contributed by atoms with E-state index >= 15 is 0 Å². The fraction of sp³-hybridized carbons (Fsp3) is 0.714. The molecule has 3 unspecified atom stereocenters. The van der Waals surface area contributed by atoms with Gasteiger partial charge in [-0.2, -0.15) is 0 Å². The van der Waals surface area contributed by atoms with Gasteiger partial charge in [0.15, 0.2) is 0 Å². The largest absolute Gasteiger partial charge is 0.463 e. The number of unbranched alkanes of at least 4 members (excludes halogenated alkanes) is 2. The van der Waals surface area contributed by atoms with Crippen molar-refractivity contribution < 1.29 is 29.3 Å². The van der Waals surface area contributed by atoms with E-state index in [9.17, 15) is 19.8 Å². The van der Waals surface area contributed by atoms with Crippen molar-refractivity contribution in [2.24, 2.45) is 23.7 Å². The summed E-state index contributed by atoms with van der Waals surface area (Å²) in [5.41, 5.74) is 2.45. The van der Waals surface area contributed by atoms with Gasteiger partial charge in [0.1, 0.15) is 6.10 Å². The Morgan fingerprint density at radius 3 is 2.00 bits per heavy atom. The lowest BCUT2D eigenvalue weighted by molar-refractivity contribution is -0.155. The Morgan fingerprint density at radius 1 is 0.854 bits per heavy atom. The van der Waals surface area contributed by atoms with Gasteiger partial charge in [0.05, 0.1) is 24.9 Å². The summed E-state index contributed by atoms with van der Waals surface area (Å²) in [7, 11) is 0. The van der Waals surface area contributed by atoms with Gasteiger partial charge in [-0.3, -0.25) is 0 Å². The molecule has 6 nitrogen and oxygen atoms in total. The fourth-order valence-electron chi connectivity index (χ4n) is 6.76. The molecular weight excluding hydrogens is 516 g/mol. The van der Waals surface area contributed by atoms with E-state index in [2.05, 4.69) is 37.8 Å². The van der Waals surface area contributed by atoms with Crippen LogP contribution in [0.2, 0.25) is 0 Å². The second-order valence-electron chi connectivity index (χ2n) is 12.8. The van der Waals surface area contributed by atoms with E-state index in [1.54, 1.807) is 0 Å². The summed E-state index contributed by atoms with van der Waals surface area (Å²) in [4.78, 5) is 24.0. The van der Waals surface area contributed by atoms with E-state index in [1.165, 1.54) is 96.5 Å². The van der Waals surface area contributed by atoms with Gasteiger partial charge in [0.2, 0.25) is 0 Å². The Balaban J connectivity index is 1.48. The molecule has 0 amide bonds. The van der Waals surface area contributed by atoms with Crippen LogP contribution in [0.25, 0.3) is 0 Å². The highest BCUT2D eigenvalue weighted by Gasteiger charge is 2.31. The fourth-order valence-corrected chi connectivity index (χ4v) is 6.76. The van der Waals surface area contributed by atoms with Crippen LogP contribution in [0, 0.1) is 23.7 Å². The lowest BCUT2D eigenvalue weighted by Gasteiger charge is -2.38. The van der Waals surface area contributed by atoms with Crippen molar-refractivity contribution in [2.75, 3.05) is 13.2 Å². The van der Waals surface area contributed by atoms with Crippen molar-refractivity contribution >= 4 is 11.9 Å². The molecule has 2 fully saturated rings. The smallest absolute Gasteiger partial charge is 0.336 e. The molecule has 0 aliphatic heterocycles. The summed E-state index contributed by atoms with van der Waals surface area (Å²) in [5, 5.41) is 19.1. The molecule has 3 rings (SSSR count). The van der Waals surface area contributed by atoms with Crippen LogP contribution in [-0.2, 0) is 25.5 Å². The molecular formula is C35H54O6. The van der Waals surface area contributed by atoms with Gasteiger partial charge in [-0.15, -0.1) is 0 Å². The maximum absolute atomic E-state index is 12.2. The normalized spacial score (nSPS) is 25.1. The molecule has 0 radical (unpaired) electrons. The Morgan fingerprint density at radius 2 is 1.44 bits per heavy atom. The monoisotopic (exact) mass is 570 g/mol. The van der Waals surface area contributed by atoms with Crippen LogP contribution in [0.3, 0.4) is 0 Å². The minimum atomic E-state index is -1.21. The van der Waals surface area contributed by atoms with Crippen LogP contribution in [-0.4, -0.2) is 47.6 Å². The highest BCUT2D eigenvalue weighted by Crippen LogP contribution is 2.44. The van der Waals surface area contributed by atoms with Crippen LogP contribution >= 0.6 is 0 Å². The van der Waals surface area contributed by atoms with Gasteiger partial charge >= 0.3 is 11.9 Å². The zero-order chi connectivity index (χ0) is 29.8. The molecule has 230 valence electrons. The molecule has 6 heteroatoms. The van der Waals surface area contributed by atoms with Gasteiger partial charge in [-0.1, -0.05) is 76.3 Å². The SMILES string of the molecule is C=C(C(=O)OCC(COC(=O)C(C)O)Cc1ccc(C2CCC(C3CCC(CCCCC)CC3)CC2)cc1)C(C)O. The van der Waals surface area contributed by atoms with Crippen molar-refractivity contribution in [2.45, 2.75) is 122 Å². The molecule has 41 heavy (non-hydrogen) atoms. The molecule has 0 bridgehead atoms. The van der Waals surface area contributed by atoms with Crippen molar-refractivity contribution in [3.63, 3.8) is 0 Å². The molecule has 0 aromatic heterocycles. The van der Waals surface area contributed by atoms with Crippen molar-refractivity contribution in [1.82, 2.24) is 0 Å². The van der Waals surface area contributed by atoms with Gasteiger partial charge in [-0.05, 0) is 93.6 Å². The number of rotatable bonds is 15.